The predicted octanol–water partition coefficient (Wildman–Crippen LogP) is 3.83. The highest BCUT2D eigenvalue weighted by molar-refractivity contribution is 6.05. The first-order chi connectivity index (χ1) is 10.3. The predicted molar refractivity (Wildman–Crippen MR) is 84.0 cm³/mol. The summed E-state index contributed by atoms with van der Waals surface area (Å²) in [4.78, 5) is 12.5. The molecule has 21 heavy (non-hydrogen) atoms. The maximum atomic E-state index is 12.5. The van der Waals surface area contributed by atoms with Crippen LogP contribution in [0.15, 0.2) is 42.5 Å². The minimum absolute atomic E-state index is 0.0398. The average molecular weight is 281 g/mol. The van der Waals surface area contributed by atoms with E-state index in [1.165, 1.54) is 17.5 Å². The molecule has 0 unspecified atom stereocenters. The second-order valence-electron chi connectivity index (χ2n) is 5.34. The van der Waals surface area contributed by atoms with Crippen molar-refractivity contribution in [2.45, 2.75) is 25.7 Å². The number of benzene rings is 2. The number of anilines is 1. The molecule has 3 heteroatoms. The Balaban J connectivity index is 1.85. The first-order valence-electron chi connectivity index (χ1n) is 7.34. The summed E-state index contributed by atoms with van der Waals surface area (Å²) in [6, 6.07) is 13.5. The van der Waals surface area contributed by atoms with E-state index in [1.807, 2.05) is 36.4 Å². The van der Waals surface area contributed by atoms with Crippen LogP contribution in [0, 0.1) is 0 Å². The SMILES string of the molecule is COc1cccc(NC(=O)c2cccc3c2CCCC3)c1. The number of ether oxygens (including phenoxy) is 1. The van der Waals surface area contributed by atoms with Crippen LogP contribution in [0.1, 0.15) is 34.3 Å². The van der Waals surface area contributed by atoms with Gasteiger partial charge >= 0.3 is 0 Å². The van der Waals surface area contributed by atoms with Crippen molar-refractivity contribution in [1.29, 1.82) is 0 Å². The Morgan fingerprint density at radius 2 is 1.90 bits per heavy atom. The van der Waals surface area contributed by atoms with Gasteiger partial charge in [0, 0.05) is 17.3 Å². The fourth-order valence-corrected chi connectivity index (χ4v) is 2.89. The summed E-state index contributed by atoms with van der Waals surface area (Å²) in [5.74, 6) is 0.699. The molecular formula is C18H19NO2. The number of fused-ring (bicyclic) bond motifs is 1. The van der Waals surface area contributed by atoms with Crippen molar-refractivity contribution in [2.75, 3.05) is 12.4 Å². The first-order valence-corrected chi connectivity index (χ1v) is 7.34. The van der Waals surface area contributed by atoms with Crippen LogP contribution < -0.4 is 10.1 Å². The number of aryl methyl sites for hydroxylation is 1. The summed E-state index contributed by atoms with van der Waals surface area (Å²) in [6.45, 7) is 0. The van der Waals surface area contributed by atoms with E-state index in [1.54, 1.807) is 7.11 Å². The van der Waals surface area contributed by atoms with Gasteiger partial charge < -0.3 is 10.1 Å². The molecule has 2 aromatic rings. The van der Waals surface area contributed by atoms with E-state index in [0.29, 0.717) is 0 Å². The number of hydrogen-bond acceptors (Lipinski definition) is 2. The van der Waals surface area contributed by atoms with Crippen LogP contribution in [0.3, 0.4) is 0 Å². The monoisotopic (exact) mass is 281 g/mol. The van der Waals surface area contributed by atoms with Crippen molar-refractivity contribution in [2.24, 2.45) is 0 Å². The zero-order valence-corrected chi connectivity index (χ0v) is 12.2. The molecular weight excluding hydrogens is 262 g/mol. The van der Waals surface area contributed by atoms with Gasteiger partial charge in [0.2, 0.25) is 0 Å². The Morgan fingerprint density at radius 1 is 1.10 bits per heavy atom. The van der Waals surface area contributed by atoms with Crippen LogP contribution in [0.2, 0.25) is 0 Å². The van der Waals surface area contributed by atoms with Crippen molar-refractivity contribution in [3.63, 3.8) is 0 Å². The zero-order chi connectivity index (χ0) is 14.7. The molecule has 3 nitrogen and oxygen atoms in total. The van der Waals surface area contributed by atoms with Crippen molar-refractivity contribution in [1.82, 2.24) is 0 Å². The normalized spacial score (nSPS) is 13.4. The lowest BCUT2D eigenvalue weighted by atomic mass is 9.88. The van der Waals surface area contributed by atoms with Gasteiger partial charge in [0.15, 0.2) is 0 Å². The number of carbonyl (C=O) groups is 1. The lowest BCUT2D eigenvalue weighted by Crippen LogP contribution is -2.17. The van der Waals surface area contributed by atoms with Crippen LogP contribution in [-0.4, -0.2) is 13.0 Å². The Labute approximate surface area is 124 Å². The number of nitrogens with one attached hydrogen (secondary N) is 1. The van der Waals surface area contributed by atoms with E-state index in [2.05, 4.69) is 11.4 Å². The number of methoxy groups -OCH3 is 1. The summed E-state index contributed by atoms with van der Waals surface area (Å²) < 4.78 is 5.18. The third-order valence-corrected chi connectivity index (χ3v) is 3.97. The molecule has 0 bridgehead atoms. The molecule has 1 aliphatic rings. The topological polar surface area (TPSA) is 38.3 Å². The molecule has 108 valence electrons. The van der Waals surface area contributed by atoms with Crippen molar-refractivity contribution < 1.29 is 9.53 Å². The molecule has 0 aromatic heterocycles. The molecule has 1 aliphatic carbocycles. The van der Waals surface area contributed by atoms with E-state index in [0.717, 1.165) is 36.3 Å². The molecule has 1 N–H and O–H groups in total. The quantitative estimate of drug-likeness (QED) is 0.928. The highest BCUT2D eigenvalue weighted by Crippen LogP contribution is 2.25. The number of rotatable bonds is 3. The minimum Gasteiger partial charge on any atom is -0.497 e. The molecule has 0 heterocycles. The number of hydrogen-bond donors (Lipinski definition) is 1. The van der Waals surface area contributed by atoms with Gasteiger partial charge in [-0.1, -0.05) is 18.2 Å². The van der Waals surface area contributed by atoms with Crippen LogP contribution in [0.4, 0.5) is 5.69 Å². The Morgan fingerprint density at radius 3 is 2.76 bits per heavy atom. The summed E-state index contributed by atoms with van der Waals surface area (Å²) in [7, 11) is 1.62. The summed E-state index contributed by atoms with van der Waals surface area (Å²) in [5, 5.41) is 2.96. The molecule has 0 aliphatic heterocycles. The van der Waals surface area contributed by atoms with Crippen molar-refractivity contribution in [3.05, 3.63) is 59.2 Å². The van der Waals surface area contributed by atoms with Gasteiger partial charge in [-0.05, 0) is 55.0 Å². The highest BCUT2D eigenvalue weighted by atomic mass is 16.5. The molecule has 0 saturated carbocycles. The third kappa shape index (κ3) is 2.92. The van der Waals surface area contributed by atoms with Crippen LogP contribution in [-0.2, 0) is 12.8 Å². The molecule has 1 amide bonds. The van der Waals surface area contributed by atoms with Gasteiger partial charge in [-0.25, -0.2) is 0 Å². The van der Waals surface area contributed by atoms with Gasteiger partial charge in [-0.2, -0.15) is 0 Å². The van der Waals surface area contributed by atoms with E-state index in [-0.39, 0.29) is 5.91 Å². The molecule has 0 radical (unpaired) electrons. The van der Waals surface area contributed by atoms with Crippen molar-refractivity contribution in [3.8, 4) is 5.75 Å². The second kappa shape index (κ2) is 6.00. The minimum atomic E-state index is -0.0398. The molecule has 0 atom stereocenters. The van der Waals surface area contributed by atoms with E-state index in [4.69, 9.17) is 4.74 Å². The Hall–Kier alpha value is -2.29. The van der Waals surface area contributed by atoms with Crippen LogP contribution in [0.25, 0.3) is 0 Å². The summed E-state index contributed by atoms with van der Waals surface area (Å²) >= 11 is 0. The van der Waals surface area contributed by atoms with Gasteiger partial charge in [0.05, 0.1) is 7.11 Å². The Bertz CT molecular complexity index is 664. The zero-order valence-electron chi connectivity index (χ0n) is 12.2. The lowest BCUT2D eigenvalue weighted by Gasteiger charge is -2.19. The highest BCUT2D eigenvalue weighted by Gasteiger charge is 2.17. The molecule has 0 saturated heterocycles. The van der Waals surface area contributed by atoms with E-state index in [9.17, 15) is 4.79 Å². The first kappa shape index (κ1) is 13.7. The fraction of sp³-hybridized carbons (Fsp3) is 0.278. The maximum absolute atomic E-state index is 12.5. The average Bonchev–Trinajstić information content (AvgIpc) is 2.54. The van der Waals surface area contributed by atoms with Crippen LogP contribution in [0.5, 0.6) is 5.75 Å². The largest absolute Gasteiger partial charge is 0.497 e. The lowest BCUT2D eigenvalue weighted by molar-refractivity contribution is 0.102. The van der Waals surface area contributed by atoms with Crippen molar-refractivity contribution >= 4 is 11.6 Å². The molecule has 0 fully saturated rings. The standard InChI is InChI=1S/C18H19NO2/c1-21-15-9-5-8-14(12-15)19-18(20)17-11-4-7-13-6-2-3-10-16(13)17/h4-5,7-9,11-12H,2-3,6,10H2,1H3,(H,19,20). The van der Waals surface area contributed by atoms with E-state index < -0.39 is 0 Å². The van der Waals surface area contributed by atoms with Crippen LogP contribution >= 0.6 is 0 Å². The second-order valence-corrected chi connectivity index (χ2v) is 5.34. The molecule has 0 spiro atoms. The maximum Gasteiger partial charge on any atom is 0.255 e. The van der Waals surface area contributed by atoms with Gasteiger partial charge in [-0.3, -0.25) is 4.79 Å². The van der Waals surface area contributed by atoms with Gasteiger partial charge in [-0.15, -0.1) is 0 Å². The molecule has 2 aromatic carbocycles. The summed E-state index contributed by atoms with van der Waals surface area (Å²) in [6.07, 6.45) is 4.46. The number of amides is 1. The smallest absolute Gasteiger partial charge is 0.255 e. The third-order valence-electron chi connectivity index (χ3n) is 3.97. The fourth-order valence-electron chi connectivity index (χ4n) is 2.89. The number of carbonyl (C=O) groups excluding carboxylic acids is 1. The van der Waals surface area contributed by atoms with Gasteiger partial charge in [0.1, 0.15) is 5.75 Å². The van der Waals surface area contributed by atoms with E-state index >= 15 is 0 Å². The Kier molecular flexibility index (Phi) is 3.91. The van der Waals surface area contributed by atoms with Gasteiger partial charge in [0.25, 0.3) is 5.91 Å². The summed E-state index contributed by atoms with van der Waals surface area (Å²) in [5.41, 5.74) is 4.09. The molecule has 3 rings (SSSR count).